The smallest absolute Gasteiger partial charge is 0.244 e. The van der Waals surface area contributed by atoms with E-state index in [-0.39, 0.29) is 18.6 Å². The van der Waals surface area contributed by atoms with Crippen molar-refractivity contribution >= 4 is 23.6 Å². The van der Waals surface area contributed by atoms with Crippen LogP contribution in [-0.2, 0) is 11.3 Å². The van der Waals surface area contributed by atoms with Crippen LogP contribution in [0.2, 0.25) is 5.15 Å². The summed E-state index contributed by atoms with van der Waals surface area (Å²) in [5.41, 5.74) is 1.57. The number of rotatable bonds is 8. The Balaban J connectivity index is 2.77. The quantitative estimate of drug-likeness (QED) is 0.721. The molecule has 0 saturated carbocycles. The van der Waals surface area contributed by atoms with Crippen molar-refractivity contribution in [3.05, 3.63) is 22.5 Å². The van der Waals surface area contributed by atoms with E-state index in [0.29, 0.717) is 17.5 Å². The SMILES string of the molecule is CCC(CCO)NC(=O)/C=C/c1c(C)nn(CC(C)C)c1Cl. The van der Waals surface area contributed by atoms with Crippen LogP contribution in [0.15, 0.2) is 6.08 Å². The van der Waals surface area contributed by atoms with Gasteiger partial charge in [-0.25, -0.2) is 0 Å². The molecule has 1 aromatic rings. The van der Waals surface area contributed by atoms with Gasteiger partial charge in [-0.3, -0.25) is 9.48 Å². The average Bonchev–Trinajstić information content (AvgIpc) is 2.70. The highest BCUT2D eigenvalue weighted by molar-refractivity contribution is 6.31. The number of halogens is 1. The van der Waals surface area contributed by atoms with E-state index in [1.54, 1.807) is 10.8 Å². The minimum atomic E-state index is -0.188. The third kappa shape index (κ3) is 5.46. The van der Waals surface area contributed by atoms with E-state index in [1.165, 1.54) is 6.08 Å². The van der Waals surface area contributed by atoms with Crippen LogP contribution in [0.4, 0.5) is 0 Å². The van der Waals surface area contributed by atoms with Crippen LogP contribution in [0, 0.1) is 12.8 Å². The molecule has 2 N–H and O–H groups in total. The van der Waals surface area contributed by atoms with Crippen molar-refractivity contribution in [2.24, 2.45) is 5.92 Å². The molecule has 0 aliphatic heterocycles. The highest BCUT2D eigenvalue weighted by Crippen LogP contribution is 2.22. The zero-order valence-corrected chi connectivity index (χ0v) is 14.5. The summed E-state index contributed by atoms with van der Waals surface area (Å²) in [5.74, 6) is 0.257. The van der Waals surface area contributed by atoms with E-state index in [0.717, 1.165) is 24.2 Å². The summed E-state index contributed by atoms with van der Waals surface area (Å²) < 4.78 is 1.76. The van der Waals surface area contributed by atoms with Crippen molar-refractivity contribution in [3.63, 3.8) is 0 Å². The van der Waals surface area contributed by atoms with E-state index in [1.807, 2.05) is 13.8 Å². The van der Waals surface area contributed by atoms with Crippen molar-refractivity contribution in [3.8, 4) is 0 Å². The topological polar surface area (TPSA) is 67.2 Å². The van der Waals surface area contributed by atoms with Gasteiger partial charge in [0.2, 0.25) is 5.91 Å². The Hall–Kier alpha value is -1.33. The fourth-order valence-electron chi connectivity index (χ4n) is 2.17. The molecule has 0 radical (unpaired) electrons. The van der Waals surface area contributed by atoms with Gasteiger partial charge in [0, 0.05) is 30.8 Å². The molecule has 6 heteroatoms. The second-order valence-corrected chi connectivity index (χ2v) is 6.18. The van der Waals surface area contributed by atoms with Crippen LogP contribution < -0.4 is 5.32 Å². The maximum absolute atomic E-state index is 11.9. The predicted octanol–water partition coefficient (Wildman–Crippen LogP) is 2.79. The molecule has 0 aromatic carbocycles. The molecule has 0 aliphatic rings. The molecule has 1 aromatic heterocycles. The summed E-state index contributed by atoms with van der Waals surface area (Å²) in [6, 6.07) is -0.0117. The minimum Gasteiger partial charge on any atom is -0.396 e. The largest absolute Gasteiger partial charge is 0.396 e. The lowest BCUT2D eigenvalue weighted by Gasteiger charge is -2.13. The number of aliphatic hydroxyl groups excluding tert-OH is 1. The number of aromatic nitrogens is 2. The highest BCUT2D eigenvalue weighted by Gasteiger charge is 2.13. The van der Waals surface area contributed by atoms with Gasteiger partial charge >= 0.3 is 0 Å². The molecule has 1 heterocycles. The van der Waals surface area contributed by atoms with Gasteiger partial charge in [0.05, 0.1) is 5.69 Å². The third-order valence-electron chi connectivity index (χ3n) is 3.37. The zero-order chi connectivity index (χ0) is 16.7. The van der Waals surface area contributed by atoms with Gasteiger partial charge in [0.1, 0.15) is 5.15 Å². The molecule has 1 atom stereocenters. The lowest BCUT2D eigenvalue weighted by atomic mass is 10.1. The van der Waals surface area contributed by atoms with E-state index >= 15 is 0 Å². The van der Waals surface area contributed by atoms with Gasteiger partial charge in [0.25, 0.3) is 0 Å². The third-order valence-corrected chi connectivity index (χ3v) is 3.76. The molecular weight excluding hydrogens is 302 g/mol. The lowest BCUT2D eigenvalue weighted by Crippen LogP contribution is -2.33. The molecule has 0 fully saturated rings. The fourth-order valence-corrected chi connectivity index (χ4v) is 2.47. The number of carbonyl (C=O) groups is 1. The van der Waals surface area contributed by atoms with Gasteiger partial charge in [-0.1, -0.05) is 32.4 Å². The number of aliphatic hydroxyl groups is 1. The normalized spacial score (nSPS) is 13.0. The van der Waals surface area contributed by atoms with Crippen molar-refractivity contribution < 1.29 is 9.90 Å². The summed E-state index contributed by atoms with van der Waals surface area (Å²) in [4.78, 5) is 11.9. The molecule has 1 unspecified atom stereocenters. The minimum absolute atomic E-state index is 0.0117. The molecule has 0 spiro atoms. The Kier molecular flexibility index (Phi) is 7.62. The Bertz CT molecular complexity index is 524. The number of nitrogens with zero attached hydrogens (tertiary/aromatic N) is 2. The molecule has 0 saturated heterocycles. The summed E-state index contributed by atoms with van der Waals surface area (Å²) in [6.45, 7) is 8.86. The lowest BCUT2D eigenvalue weighted by molar-refractivity contribution is -0.117. The fraction of sp³-hybridized carbons (Fsp3) is 0.625. The van der Waals surface area contributed by atoms with Crippen LogP contribution in [0.25, 0.3) is 6.08 Å². The second-order valence-electron chi connectivity index (χ2n) is 5.83. The molecule has 1 amide bonds. The maximum atomic E-state index is 11.9. The monoisotopic (exact) mass is 327 g/mol. The van der Waals surface area contributed by atoms with Crippen LogP contribution in [-0.4, -0.2) is 33.4 Å². The summed E-state index contributed by atoms with van der Waals surface area (Å²) in [7, 11) is 0. The summed E-state index contributed by atoms with van der Waals surface area (Å²) in [6.07, 6.45) is 4.51. The van der Waals surface area contributed by atoms with Crippen molar-refractivity contribution in [1.82, 2.24) is 15.1 Å². The molecule has 124 valence electrons. The first-order valence-electron chi connectivity index (χ1n) is 7.71. The molecule has 0 aliphatic carbocycles. The Labute approximate surface area is 137 Å². The first-order chi connectivity index (χ1) is 10.4. The van der Waals surface area contributed by atoms with Gasteiger partial charge in [0.15, 0.2) is 0 Å². The van der Waals surface area contributed by atoms with E-state index in [9.17, 15) is 4.79 Å². The van der Waals surface area contributed by atoms with Crippen LogP contribution in [0.5, 0.6) is 0 Å². The number of hydrogen-bond donors (Lipinski definition) is 2. The number of amides is 1. The maximum Gasteiger partial charge on any atom is 0.244 e. The van der Waals surface area contributed by atoms with E-state index in [2.05, 4.69) is 24.3 Å². The zero-order valence-electron chi connectivity index (χ0n) is 13.8. The van der Waals surface area contributed by atoms with Gasteiger partial charge < -0.3 is 10.4 Å². The summed E-state index contributed by atoms with van der Waals surface area (Å²) >= 11 is 6.32. The van der Waals surface area contributed by atoms with Gasteiger partial charge in [-0.2, -0.15) is 5.10 Å². The number of nitrogens with one attached hydrogen (secondary N) is 1. The van der Waals surface area contributed by atoms with Gasteiger partial charge in [-0.15, -0.1) is 0 Å². The first kappa shape index (κ1) is 18.7. The van der Waals surface area contributed by atoms with Crippen molar-refractivity contribution in [2.75, 3.05) is 6.61 Å². The van der Waals surface area contributed by atoms with E-state index in [4.69, 9.17) is 16.7 Å². The average molecular weight is 328 g/mol. The number of hydrogen-bond acceptors (Lipinski definition) is 3. The molecule has 22 heavy (non-hydrogen) atoms. The number of carbonyl (C=O) groups excluding carboxylic acids is 1. The molecule has 0 bridgehead atoms. The van der Waals surface area contributed by atoms with Crippen LogP contribution >= 0.6 is 11.6 Å². The van der Waals surface area contributed by atoms with Gasteiger partial charge in [-0.05, 0) is 31.8 Å². The molecule has 1 rings (SSSR count). The standard InChI is InChI=1S/C16H26ClN3O2/c1-5-13(8-9-21)18-15(22)7-6-14-12(4)19-20(16(14)17)10-11(2)3/h6-7,11,13,21H,5,8-10H2,1-4H3,(H,18,22)/b7-6+. The predicted molar refractivity (Wildman–Crippen MR) is 89.8 cm³/mol. The highest BCUT2D eigenvalue weighted by atomic mass is 35.5. The van der Waals surface area contributed by atoms with Crippen molar-refractivity contribution in [1.29, 1.82) is 0 Å². The van der Waals surface area contributed by atoms with Crippen LogP contribution in [0.3, 0.4) is 0 Å². The Morgan fingerprint density at radius 2 is 2.18 bits per heavy atom. The van der Waals surface area contributed by atoms with E-state index < -0.39 is 0 Å². The Morgan fingerprint density at radius 1 is 1.50 bits per heavy atom. The van der Waals surface area contributed by atoms with Crippen LogP contribution in [0.1, 0.15) is 44.9 Å². The molecular formula is C16H26ClN3O2. The summed E-state index contributed by atoms with van der Waals surface area (Å²) in [5, 5.41) is 16.8. The molecule has 5 nitrogen and oxygen atoms in total. The van der Waals surface area contributed by atoms with Crippen molar-refractivity contribution in [2.45, 2.75) is 53.1 Å². The number of aryl methyl sites for hydroxylation is 1. The first-order valence-corrected chi connectivity index (χ1v) is 8.09. The Morgan fingerprint density at radius 3 is 2.73 bits per heavy atom. The second kappa shape index (κ2) is 8.96.